The van der Waals surface area contributed by atoms with Gasteiger partial charge < -0.3 is 19.9 Å². The standard InChI is InChI=1S/C20H26F2N4O2.HI/c1-23-20(24-16-12-13(16)18-14(21)4-2-5-15(18)22)26-9-7-25(8-10-26)19(27)17-6-3-11-28-17;/h2,4-5,13,16-17H,3,6-12H2,1H3,(H,23,24);1H. The smallest absolute Gasteiger partial charge is 0.251 e. The van der Waals surface area contributed by atoms with Crippen LogP contribution in [0.25, 0.3) is 0 Å². The van der Waals surface area contributed by atoms with Crippen molar-refractivity contribution < 1.29 is 18.3 Å². The number of piperazine rings is 1. The number of benzene rings is 1. The van der Waals surface area contributed by atoms with Gasteiger partial charge in [-0.25, -0.2) is 8.78 Å². The van der Waals surface area contributed by atoms with E-state index in [2.05, 4.69) is 15.2 Å². The predicted octanol–water partition coefficient (Wildman–Crippen LogP) is 2.34. The second kappa shape index (κ2) is 9.55. The Labute approximate surface area is 186 Å². The molecule has 3 aliphatic rings. The van der Waals surface area contributed by atoms with Crippen LogP contribution >= 0.6 is 24.0 Å². The second-order valence-electron chi connectivity index (χ2n) is 7.59. The maximum absolute atomic E-state index is 14.0. The Morgan fingerprint density at radius 1 is 1.17 bits per heavy atom. The van der Waals surface area contributed by atoms with E-state index in [0.29, 0.717) is 45.2 Å². The highest BCUT2D eigenvalue weighted by atomic mass is 127. The number of amides is 1. The fourth-order valence-corrected chi connectivity index (χ4v) is 4.12. The molecule has 160 valence electrons. The highest BCUT2D eigenvalue weighted by Crippen LogP contribution is 2.43. The van der Waals surface area contributed by atoms with E-state index in [9.17, 15) is 13.6 Å². The molecule has 9 heteroatoms. The van der Waals surface area contributed by atoms with Crippen molar-refractivity contribution in [2.24, 2.45) is 4.99 Å². The molecule has 2 saturated heterocycles. The molecule has 0 aromatic heterocycles. The third-order valence-corrected chi connectivity index (χ3v) is 5.78. The summed E-state index contributed by atoms with van der Waals surface area (Å²) in [6, 6.07) is 3.95. The third-order valence-electron chi connectivity index (χ3n) is 5.78. The summed E-state index contributed by atoms with van der Waals surface area (Å²) < 4.78 is 33.5. The van der Waals surface area contributed by atoms with E-state index in [4.69, 9.17) is 4.74 Å². The minimum Gasteiger partial charge on any atom is -0.368 e. The molecule has 2 heterocycles. The summed E-state index contributed by atoms with van der Waals surface area (Å²) in [5.41, 5.74) is 0.155. The molecule has 3 unspecified atom stereocenters. The quantitative estimate of drug-likeness (QED) is 0.378. The van der Waals surface area contributed by atoms with Crippen LogP contribution in [0.2, 0.25) is 0 Å². The van der Waals surface area contributed by atoms with Gasteiger partial charge in [0.05, 0.1) is 0 Å². The van der Waals surface area contributed by atoms with Crippen LogP contribution in [0.1, 0.15) is 30.7 Å². The van der Waals surface area contributed by atoms with Gasteiger partial charge in [0.2, 0.25) is 0 Å². The van der Waals surface area contributed by atoms with Gasteiger partial charge in [-0.15, -0.1) is 24.0 Å². The largest absolute Gasteiger partial charge is 0.368 e. The molecular weight excluding hydrogens is 493 g/mol. The molecular formula is C20H27F2IN4O2. The molecule has 1 aliphatic carbocycles. The summed E-state index contributed by atoms with van der Waals surface area (Å²) in [4.78, 5) is 20.7. The number of halogens is 3. The number of hydrogen-bond donors (Lipinski definition) is 1. The lowest BCUT2D eigenvalue weighted by Crippen LogP contribution is -2.55. The molecule has 1 N–H and O–H groups in total. The van der Waals surface area contributed by atoms with E-state index in [-0.39, 0.29) is 53.5 Å². The van der Waals surface area contributed by atoms with Crippen LogP contribution in [0.3, 0.4) is 0 Å². The minimum absolute atomic E-state index is 0. The lowest BCUT2D eigenvalue weighted by Gasteiger charge is -2.37. The fraction of sp³-hybridized carbons (Fsp3) is 0.600. The average molecular weight is 520 g/mol. The van der Waals surface area contributed by atoms with Gasteiger partial charge in [0, 0.05) is 57.4 Å². The first-order chi connectivity index (χ1) is 13.6. The van der Waals surface area contributed by atoms with Crippen molar-refractivity contribution in [1.29, 1.82) is 0 Å². The van der Waals surface area contributed by atoms with Gasteiger partial charge in [-0.3, -0.25) is 9.79 Å². The molecule has 1 amide bonds. The molecule has 3 atom stereocenters. The molecule has 0 spiro atoms. The van der Waals surface area contributed by atoms with E-state index in [1.54, 1.807) is 7.05 Å². The number of nitrogens with zero attached hydrogens (tertiary/aromatic N) is 3. The molecule has 4 rings (SSSR count). The normalized spacial score (nSPS) is 26.9. The Morgan fingerprint density at radius 2 is 1.83 bits per heavy atom. The Morgan fingerprint density at radius 3 is 2.41 bits per heavy atom. The lowest BCUT2D eigenvalue weighted by atomic mass is 10.1. The monoisotopic (exact) mass is 520 g/mol. The number of carbonyl (C=O) groups is 1. The van der Waals surface area contributed by atoms with E-state index in [1.165, 1.54) is 18.2 Å². The van der Waals surface area contributed by atoms with Gasteiger partial charge in [0.15, 0.2) is 5.96 Å². The van der Waals surface area contributed by atoms with Crippen molar-refractivity contribution in [2.45, 2.75) is 37.3 Å². The van der Waals surface area contributed by atoms with Gasteiger partial charge in [-0.2, -0.15) is 0 Å². The van der Waals surface area contributed by atoms with Crippen molar-refractivity contribution in [3.8, 4) is 0 Å². The average Bonchev–Trinajstić information content (AvgIpc) is 3.22. The number of rotatable bonds is 3. The van der Waals surface area contributed by atoms with E-state index in [1.807, 2.05) is 4.90 Å². The SMILES string of the molecule is CN=C(NC1CC1c1c(F)cccc1F)N1CCN(C(=O)C2CCCO2)CC1.I. The number of carbonyl (C=O) groups excluding carboxylic acids is 1. The zero-order valence-electron chi connectivity index (χ0n) is 16.4. The molecule has 1 saturated carbocycles. The summed E-state index contributed by atoms with van der Waals surface area (Å²) in [7, 11) is 1.70. The molecule has 6 nitrogen and oxygen atoms in total. The van der Waals surface area contributed by atoms with Crippen LogP contribution in [0.15, 0.2) is 23.2 Å². The van der Waals surface area contributed by atoms with Gasteiger partial charge in [-0.05, 0) is 31.4 Å². The predicted molar refractivity (Wildman–Crippen MR) is 117 cm³/mol. The van der Waals surface area contributed by atoms with Crippen molar-refractivity contribution in [2.75, 3.05) is 39.8 Å². The number of ether oxygens (including phenoxy) is 1. The van der Waals surface area contributed by atoms with Crippen LogP contribution in [-0.4, -0.2) is 73.6 Å². The first-order valence-electron chi connectivity index (χ1n) is 9.91. The van der Waals surface area contributed by atoms with Crippen molar-refractivity contribution in [3.63, 3.8) is 0 Å². The summed E-state index contributed by atoms with van der Waals surface area (Å²) in [5, 5.41) is 3.33. The fourth-order valence-electron chi connectivity index (χ4n) is 4.12. The first-order valence-corrected chi connectivity index (χ1v) is 9.91. The second-order valence-corrected chi connectivity index (χ2v) is 7.59. The van der Waals surface area contributed by atoms with E-state index < -0.39 is 11.6 Å². The van der Waals surface area contributed by atoms with Crippen molar-refractivity contribution in [1.82, 2.24) is 15.1 Å². The van der Waals surface area contributed by atoms with Gasteiger partial charge in [0.1, 0.15) is 17.7 Å². The molecule has 1 aromatic rings. The Hall–Kier alpha value is -1.49. The molecule has 29 heavy (non-hydrogen) atoms. The van der Waals surface area contributed by atoms with Crippen LogP contribution in [-0.2, 0) is 9.53 Å². The van der Waals surface area contributed by atoms with Crippen molar-refractivity contribution >= 4 is 35.8 Å². The van der Waals surface area contributed by atoms with Crippen molar-refractivity contribution in [3.05, 3.63) is 35.4 Å². The van der Waals surface area contributed by atoms with Gasteiger partial charge in [0.25, 0.3) is 5.91 Å². The minimum atomic E-state index is -0.495. The van der Waals surface area contributed by atoms with Crippen LogP contribution < -0.4 is 5.32 Å². The first kappa shape index (κ1) is 22.2. The van der Waals surface area contributed by atoms with Crippen LogP contribution in [0.4, 0.5) is 8.78 Å². The number of aliphatic imine (C=N–C) groups is 1. The van der Waals surface area contributed by atoms with E-state index in [0.717, 1.165) is 12.8 Å². The summed E-state index contributed by atoms with van der Waals surface area (Å²) in [6.45, 7) is 3.25. The highest BCUT2D eigenvalue weighted by molar-refractivity contribution is 14.0. The van der Waals surface area contributed by atoms with E-state index >= 15 is 0 Å². The zero-order chi connectivity index (χ0) is 19.7. The molecule has 2 aliphatic heterocycles. The van der Waals surface area contributed by atoms with Crippen LogP contribution in [0, 0.1) is 11.6 Å². The summed E-state index contributed by atoms with van der Waals surface area (Å²) in [6.07, 6.45) is 2.14. The number of nitrogens with one attached hydrogen (secondary N) is 1. The Kier molecular flexibility index (Phi) is 7.31. The van der Waals surface area contributed by atoms with Gasteiger partial charge >= 0.3 is 0 Å². The lowest BCUT2D eigenvalue weighted by molar-refractivity contribution is -0.142. The number of guanidine groups is 1. The molecule has 0 radical (unpaired) electrons. The Balaban J connectivity index is 0.00000240. The molecule has 1 aromatic carbocycles. The maximum atomic E-state index is 14.0. The van der Waals surface area contributed by atoms with Crippen LogP contribution in [0.5, 0.6) is 0 Å². The molecule has 3 fully saturated rings. The summed E-state index contributed by atoms with van der Waals surface area (Å²) in [5.74, 6) is -0.373. The number of hydrogen-bond acceptors (Lipinski definition) is 3. The Bertz CT molecular complexity index is 745. The topological polar surface area (TPSA) is 57.2 Å². The molecule has 0 bridgehead atoms. The summed E-state index contributed by atoms with van der Waals surface area (Å²) >= 11 is 0. The van der Waals surface area contributed by atoms with Gasteiger partial charge in [-0.1, -0.05) is 6.07 Å². The highest BCUT2D eigenvalue weighted by Gasteiger charge is 2.43. The third kappa shape index (κ3) is 4.82. The zero-order valence-corrected chi connectivity index (χ0v) is 18.8. The maximum Gasteiger partial charge on any atom is 0.251 e.